The third-order valence-electron chi connectivity index (χ3n) is 5.75. The lowest BCUT2D eigenvalue weighted by molar-refractivity contribution is -0.123. The molecule has 0 radical (unpaired) electrons. The quantitative estimate of drug-likeness (QED) is 0.476. The molecule has 2 fully saturated rings. The highest BCUT2D eigenvalue weighted by atomic mass is 32.1. The summed E-state index contributed by atoms with van der Waals surface area (Å²) in [5.41, 5.74) is 2.35. The van der Waals surface area contributed by atoms with Gasteiger partial charge < -0.3 is 14.8 Å². The van der Waals surface area contributed by atoms with Crippen molar-refractivity contribution in [3.8, 4) is 11.5 Å². The van der Waals surface area contributed by atoms with Crippen molar-refractivity contribution in [2.24, 2.45) is 0 Å². The maximum atomic E-state index is 13.1. The Kier molecular flexibility index (Phi) is 6.56. The van der Waals surface area contributed by atoms with E-state index in [0.29, 0.717) is 23.2 Å². The number of carbonyl (C=O) groups excluding carboxylic acids is 1. The largest absolute Gasteiger partial charge is 0.490 e. The number of nitrogens with zero attached hydrogens (tertiary/aromatic N) is 1. The Bertz CT molecular complexity index is 984. The maximum absolute atomic E-state index is 13.1. The molecule has 1 N–H and O–H groups in total. The SMILES string of the molecule is CCOc1cc(/C=C2\NC(=S)N(C(C)c3ccccc3)C2=O)ccc1OC1CCCC1. The first-order valence-corrected chi connectivity index (χ1v) is 11.3. The Labute approximate surface area is 189 Å². The predicted octanol–water partition coefficient (Wildman–Crippen LogP) is 5.23. The summed E-state index contributed by atoms with van der Waals surface area (Å²) >= 11 is 5.46. The van der Waals surface area contributed by atoms with Gasteiger partial charge in [-0.1, -0.05) is 36.4 Å². The normalized spacial score (nSPS) is 19.0. The van der Waals surface area contributed by atoms with Crippen LogP contribution in [0, 0.1) is 0 Å². The Morgan fingerprint density at radius 2 is 1.90 bits per heavy atom. The van der Waals surface area contributed by atoms with Gasteiger partial charge in [-0.3, -0.25) is 9.69 Å². The molecule has 0 aromatic heterocycles. The molecular weight excluding hydrogens is 408 g/mol. The molecule has 0 bridgehead atoms. The number of ether oxygens (including phenoxy) is 2. The molecule has 1 atom stereocenters. The molecular formula is C25H28N2O3S. The molecule has 31 heavy (non-hydrogen) atoms. The van der Waals surface area contributed by atoms with Crippen molar-refractivity contribution in [3.63, 3.8) is 0 Å². The Balaban J connectivity index is 1.55. The van der Waals surface area contributed by atoms with E-state index in [-0.39, 0.29) is 18.1 Å². The summed E-state index contributed by atoms with van der Waals surface area (Å²) in [4.78, 5) is 14.7. The average Bonchev–Trinajstić information content (AvgIpc) is 3.38. The van der Waals surface area contributed by atoms with Crippen molar-refractivity contribution in [2.75, 3.05) is 6.61 Å². The van der Waals surface area contributed by atoms with E-state index in [4.69, 9.17) is 21.7 Å². The maximum Gasteiger partial charge on any atom is 0.277 e. The van der Waals surface area contributed by atoms with E-state index in [1.165, 1.54) is 12.8 Å². The number of carbonyl (C=O) groups is 1. The number of amides is 1. The first-order chi connectivity index (χ1) is 15.1. The Morgan fingerprint density at radius 3 is 2.61 bits per heavy atom. The highest BCUT2D eigenvalue weighted by molar-refractivity contribution is 7.80. The molecule has 162 valence electrons. The molecule has 2 aliphatic rings. The van der Waals surface area contributed by atoms with Crippen molar-refractivity contribution in [1.82, 2.24) is 10.2 Å². The zero-order chi connectivity index (χ0) is 21.8. The molecule has 2 aromatic rings. The van der Waals surface area contributed by atoms with Gasteiger partial charge in [0.2, 0.25) is 0 Å². The van der Waals surface area contributed by atoms with Gasteiger partial charge in [-0.25, -0.2) is 0 Å². The minimum absolute atomic E-state index is 0.134. The number of benzene rings is 2. The highest BCUT2D eigenvalue weighted by Gasteiger charge is 2.34. The molecule has 0 spiro atoms. The summed E-state index contributed by atoms with van der Waals surface area (Å²) in [7, 11) is 0. The van der Waals surface area contributed by atoms with Crippen LogP contribution in [-0.2, 0) is 4.79 Å². The van der Waals surface area contributed by atoms with Crippen LogP contribution in [0.5, 0.6) is 11.5 Å². The van der Waals surface area contributed by atoms with Gasteiger partial charge in [0, 0.05) is 0 Å². The molecule has 6 heteroatoms. The van der Waals surface area contributed by atoms with Crippen molar-refractivity contribution < 1.29 is 14.3 Å². The number of rotatable bonds is 7. The van der Waals surface area contributed by atoms with Gasteiger partial charge >= 0.3 is 0 Å². The second-order valence-electron chi connectivity index (χ2n) is 7.91. The van der Waals surface area contributed by atoms with Gasteiger partial charge in [0.05, 0.1) is 18.8 Å². The Morgan fingerprint density at radius 1 is 1.16 bits per heavy atom. The van der Waals surface area contributed by atoms with E-state index in [1.54, 1.807) is 4.90 Å². The van der Waals surface area contributed by atoms with Crippen LogP contribution in [0.1, 0.15) is 56.7 Å². The number of thiocarbonyl (C=S) groups is 1. The summed E-state index contributed by atoms with van der Waals surface area (Å²) in [6, 6.07) is 15.5. The van der Waals surface area contributed by atoms with Gasteiger partial charge in [-0.05, 0) is 81.1 Å². The lowest BCUT2D eigenvalue weighted by Crippen LogP contribution is -2.33. The molecule has 1 saturated heterocycles. The zero-order valence-electron chi connectivity index (χ0n) is 18.0. The Hall–Kier alpha value is -2.86. The monoisotopic (exact) mass is 436 g/mol. The van der Waals surface area contributed by atoms with E-state index in [1.807, 2.05) is 68.5 Å². The van der Waals surface area contributed by atoms with Gasteiger partial charge in [-0.15, -0.1) is 0 Å². The van der Waals surface area contributed by atoms with Gasteiger partial charge in [-0.2, -0.15) is 0 Å². The second-order valence-corrected chi connectivity index (χ2v) is 8.30. The third kappa shape index (κ3) is 4.74. The molecule has 1 unspecified atom stereocenters. The molecule has 1 aliphatic heterocycles. The first-order valence-electron chi connectivity index (χ1n) is 10.9. The van der Waals surface area contributed by atoms with Crippen LogP contribution in [-0.4, -0.2) is 28.6 Å². The molecule has 1 heterocycles. The molecule has 1 saturated carbocycles. The number of nitrogens with one attached hydrogen (secondary N) is 1. The summed E-state index contributed by atoms with van der Waals surface area (Å²) in [6.45, 7) is 4.48. The third-order valence-corrected chi connectivity index (χ3v) is 6.05. The number of hydrogen-bond donors (Lipinski definition) is 1. The van der Waals surface area contributed by atoms with Crippen LogP contribution in [0.25, 0.3) is 6.08 Å². The van der Waals surface area contributed by atoms with Crippen LogP contribution < -0.4 is 14.8 Å². The average molecular weight is 437 g/mol. The fourth-order valence-corrected chi connectivity index (χ4v) is 4.46. The van der Waals surface area contributed by atoms with Crippen LogP contribution in [0.15, 0.2) is 54.2 Å². The van der Waals surface area contributed by atoms with Crippen LogP contribution in [0.3, 0.4) is 0 Å². The van der Waals surface area contributed by atoms with Crippen molar-refractivity contribution in [2.45, 2.75) is 51.7 Å². The first kappa shape index (κ1) is 21.4. The van der Waals surface area contributed by atoms with Gasteiger partial charge in [0.25, 0.3) is 5.91 Å². The van der Waals surface area contributed by atoms with E-state index in [2.05, 4.69) is 5.32 Å². The van der Waals surface area contributed by atoms with E-state index in [9.17, 15) is 4.79 Å². The van der Waals surface area contributed by atoms with Crippen molar-refractivity contribution in [1.29, 1.82) is 0 Å². The van der Waals surface area contributed by atoms with Gasteiger partial charge in [0.15, 0.2) is 16.6 Å². The van der Waals surface area contributed by atoms with Crippen LogP contribution >= 0.6 is 12.2 Å². The number of hydrogen-bond acceptors (Lipinski definition) is 4. The lowest BCUT2D eigenvalue weighted by atomic mass is 10.1. The zero-order valence-corrected chi connectivity index (χ0v) is 18.8. The summed E-state index contributed by atoms with van der Waals surface area (Å²) < 4.78 is 12.0. The minimum Gasteiger partial charge on any atom is -0.490 e. The molecule has 5 nitrogen and oxygen atoms in total. The molecule has 2 aromatic carbocycles. The predicted molar refractivity (Wildman–Crippen MR) is 126 cm³/mol. The minimum atomic E-state index is -0.152. The molecule has 1 amide bonds. The van der Waals surface area contributed by atoms with Gasteiger partial charge in [0.1, 0.15) is 5.70 Å². The molecule has 1 aliphatic carbocycles. The van der Waals surface area contributed by atoms with Crippen molar-refractivity contribution in [3.05, 3.63) is 65.4 Å². The smallest absolute Gasteiger partial charge is 0.277 e. The van der Waals surface area contributed by atoms with Crippen LogP contribution in [0.4, 0.5) is 0 Å². The molecule has 4 rings (SSSR count). The summed E-state index contributed by atoms with van der Waals surface area (Å²) in [6.07, 6.45) is 6.67. The fourth-order valence-electron chi connectivity index (χ4n) is 4.11. The highest BCUT2D eigenvalue weighted by Crippen LogP contribution is 2.34. The van der Waals surface area contributed by atoms with Crippen LogP contribution in [0.2, 0.25) is 0 Å². The standard InChI is InChI=1S/C25H28N2O3S/c1-3-29-23-16-18(13-14-22(23)30-20-11-7-8-12-20)15-21-24(28)27(25(31)26-21)17(2)19-9-5-4-6-10-19/h4-6,9-10,13-17,20H,3,7-8,11-12H2,1-2H3,(H,26,31)/b21-15-. The van der Waals surface area contributed by atoms with Crippen molar-refractivity contribution >= 4 is 29.3 Å². The summed E-state index contributed by atoms with van der Waals surface area (Å²) in [5, 5.41) is 3.49. The second kappa shape index (κ2) is 9.52. The summed E-state index contributed by atoms with van der Waals surface area (Å²) in [5.74, 6) is 1.33. The lowest BCUT2D eigenvalue weighted by Gasteiger charge is -2.23. The van der Waals surface area contributed by atoms with E-state index >= 15 is 0 Å². The topological polar surface area (TPSA) is 50.8 Å². The van der Waals surface area contributed by atoms with E-state index < -0.39 is 0 Å². The van der Waals surface area contributed by atoms with E-state index in [0.717, 1.165) is 29.7 Å². The fraction of sp³-hybridized carbons (Fsp3) is 0.360.